The van der Waals surface area contributed by atoms with Crippen LogP contribution in [0, 0.1) is 6.92 Å². The molecular formula is C13H20N2. The monoisotopic (exact) mass is 204 g/mol. The quantitative estimate of drug-likeness (QED) is 0.771. The maximum absolute atomic E-state index is 3.67. The number of benzene rings is 1. The van der Waals surface area contributed by atoms with Crippen LogP contribution in [0.4, 0.5) is 11.4 Å². The van der Waals surface area contributed by atoms with E-state index in [0.29, 0.717) is 6.04 Å². The van der Waals surface area contributed by atoms with E-state index in [1.165, 1.54) is 36.2 Å². The molecule has 2 nitrogen and oxygen atoms in total. The van der Waals surface area contributed by atoms with E-state index in [2.05, 4.69) is 42.7 Å². The molecule has 82 valence electrons. The molecule has 1 aliphatic rings. The Morgan fingerprint density at radius 1 is 1.40 bits per heavy atom. The lowest BCUT2D eigenvalue weighted by Gasteiger charge is -2.18. The molecule has 0 bridgehead atoms. The van der Waals surface area contributed by atoms with Gasteiger partial charge in [0.25, 0.3) is 0 Å². The minimum absolute atomic E-state index is 0.629. The molecule has 0 saturated carbocycles. The van der Waals surface area contributed by atoms with Crippen molar-refractivity contribution in [2.24, 2.45) is 0 Å². The van der Waals surface area contributed by atoms with Crippen molar-refractivity contribution in [3.05, 3.63) is 23.8 Å². The highest BCUT2D eigenvalue weighted by molar-refractivity contribution is 5.73. The summed E-state index contributed by atoms with van der Waals surface area (Å²) < 4.78 is 0. The van der Waals surface area contributed by atoms with Crippen LogP contribution in [0.5, 0.6) is 0 Å². The van der Waals surface area contributed by atoms with Gasteiger partial charge in [-0.05, 0) is 31.4 Å². The number of hydrogen-bond donors (Lipinski definition) is 2. The first-order valence-corrected chi connectivity index (χ1v) is 5.91. The third-order valence-corrected chi connectivity index (χ3v) is 3.07. The van der Waals surface area contributed by atoms with Crippen LogP contribution in [0.2, 0.25) is 0 Å². The lowest BCUT2D eigenvalue weighted by molar-refractivity contribution is 0.615. The van der Waals surface area contributed by atoms with E-state index in [1.54, 1.807) is 0 Å². The van der Waals surface area contributed by atoms with Crippen molar-refractivity contribution in [1.82, 2.24) is 0 Å². The van der Waals surface area contributed by atoms with Crippen molar-refractivity contribution >= 4 is 11.4 Å². The molecule has 0 spiro atoms. The standard InChI is InChI=1S/C13H20N2/c1-3-5-11-8-9-14-12-7-4-6-10(2)13(12)15-11/h4,6-7,11,14-15H,3,5,8-9H2,1-2H3. The second kappa shape index (κ2) is 4.56. The summed E-state index contributed by atoms with van der Waals surface area (Å²) in [6.45, 7) is 5.49. The first-order chi connectivity index (χ1) is 7.31. The lowest BCUT2D eigenvalue weighted by Crippen LogP contribution is -2.19. The van der Waals surface area contributed by atoms with Crippen LogP contribution in [-0.2, 0) is 0 Å². The minimum atomic E-state index is 0.629. The molecular weight excluding hydrogens is 184 g/mol. The highest BCUT2D eigenvalue weighted by Crippen LogP contribution is 2.29. The highest BCUT2D eigenvalue weighted by atomic mass is 15.0. The fourth-order valence-corrected chi connectivity index (χ4v) is 2.23. The average molecular weight is 204 g/mol. The maximum atomic E-state index is 3.67. The Morgan fingerprint density at radius 3 is 3.07 bits per heavy atom. The van der Waals surface area contributed by atoms with E-state index in [-0.39, 0.29) is 0 Å². The SMILES string of the molecule is CCCC1CCNc2cccc(C)c2N1. The molecule has 2 N–H and O–H groups in total. The van der Waals surface area contributed by atoms with E-state index in [4.69, 9.17) is 0 Å². The Morgan fingerprint density at radius 2 is 2.27 bits per heavy atom. The van der Waals surface area contributed by atoms with Gasteiger partial charge in [0.2, 0.25) is 0 Å². The van der Waals surface area contributed by atoms with Crippen LogP contribution in [-0.4, -0.2) is 12.6 Å². The van der Waals surface area contributed by atoms with Gasteiger partial charge in [-0.15, -0.1) is 0 Å². The van der Waals surface area contributed by atoms with Gasteiger partial charge in [0.1, 0.15) is 0 Å². The molecule has 0 fully saturated rings. The van der Waals surface area contributed by atoms with Gasteiger partial charge in [0, 0.05) is 12.6 Å². The largest absolute Gasteiger partial charge is 0.383 e. The van der Waals surface area contributed by atoms with Gasteiger partial charge in [-0.25, -0.2) is 0 Å². The first kappa shape index (κ1) is 10.3. The van der Waals surface area contributed by atoms with Crippen LogP contribution in [0.1, 0.15) is 31.7 Å². The van der Waals surface area contributed by atoms with Crippen molar-refractivity contribution in [1.29, 1.82) is 0 Å². The summed E-state index contributed by atoms with van der Waals surface area (Å²) in [5.41, 5.74) is 3.89. The average Bonchev–Trinajstić information content (AvgIpc) is 2.42. The third-order valence-electron chi connectivity index (χ3n) is 3.07. The van der Waals surface area contributed by atoms with E-state index < -0.39 is 0 Å². The fraction of sp³-hybridized carbons (Fsp3) is 0.538. The molecule has 2 heteroatoms. The van der Waals surface area contributed by atoms with Gasteiger partial charge in [0.15, 0.2) is 0 Å². The summed E-state index contributed by atoms with van der Waals surface area (Å²) in [5.74, 6) is 0. The van der Waals surface area contributed by atoms with Crippen LogP contribution >= 0.6 is 0 Å². The number of nitrogens with one attached hydrogen (secondary N) is 2. The van der Waals surface area contributed by atoms with Gasteiger partial charge in [0.05, 0.1) is 11.4 Å². The van der Waals surface area contributed by atoms with Gasteiger partial charge in [-0.1, -0.05) is 25.5 Å². The topological polar surface area (TPSA) is 24.1 Å². The number of fused-ring (bicyclic) bond motifs is 1. The normalized spacial score (nSPS) is 19.7. The van der Waals surface area contributed by atoms with Gasteiger partial charge < -0.3 is 10.6 Å². The lowest BCUT2D eigenvalue weighted by atomic mass is 10.1. The number of rotatable bonds is 2. The van der Waals surface area contributed by atoms with E-state index >= 15 is 0 Å². The Kier molecular flexibility index (Phi) is 3.14. The highest BCUT2D eigenvalue weighted by Gasteiger charge is 2.15. The summed E-state index contributed by atoms with van der Waals surface area (Å²) in [6, 6.07) is 7.07. The van der Waals surface area contributed by atoms with Gasteiger partial charge >= 0.3 is 0 Å². The zero-order chi connectivity index (χ0) is 10.7. The molecule has 0 aliphatic carbocycles. The molecule has 0 aromatic heterocycles. The van der Waals surface area contributed by atoms with E-state index in [0.717, 1.165) is 6.54 Å². The third kappa shape index (κ3) is 2.25. The Balaban J connectivity index is 2.23. The molecule has 2 rings (SSSR count). The zero-order valence-corrected chi connectivity index (χ0v) is 9.64. The molecule has 1 aliphatic heterocycles. The van der Waals surface area contributed by atoms with Crippen molar-refractivity contribution in [2.45, 2.75) is 39.2 Å². The molecule has 0 amide bonds. The summed E-state index contributed by atoms with van der Waals surface area (Å²) in [6.07, 6.45) is 3.72. The molecule has 1 heterocycles. The number of para-hydroxylation sites is 1. The smallest absolute Gasteiger partial charge is 0.0607 e. The zero-order valence-electron chi connectivity index (χ0n) is 9.64. The summed E-state index contributed by atoms with van der Waals surface area (Å²) >= 11 is 0. The Hall–Kier alpha value is -1.18. The maximum Gasteiger partial charge on any atom is 0.0607 e. The second-order valence-electron chi connectivity index (χ2n) is 4.34. The van der Waals surface area contributed by atoms with Gasteiger partial charge in [-0.2, -0.15) is 0 Å². The summed E-state index contributed by atoms with van der Waals surface area (Å²) in [5, 5.41) is 7.16. The molecule has 1 atom stereocenters. The molecule has 0 saturated heterocycles. The van der Waals surface area contributed by atoms with Crippen molar-refractivity contribution in [3.8, 4) is 0 Å². The van der Waals surface area contributed by atoms with Crippen LogP contribution in [0.25, 0.3) is 0 Å². The number of hydrogen-bond acceptors (Lipinski definition) is 2. The van der Waals surface area contributed by atoms with E-state index in [9.17, 15) is 0 Å². The molecule has 15 heavy (non-hydrogen) atoms. The first-order valence-electron chi connectivity index (χ1n) is 5.91. The fourth-order valence-electron chi connectivity index (χ4n) is 2.23. The van der Waals surface area contributed by atoms with Crippen molar-refractivity contribution in [3.63, 3.8) is 0 Å². The predicted octanol–water partition coefficient (Wildman–Crippen LogP) is 3.39. The molecule has 1 aromatic carbocycles. The minimum Gasteiger partial charge on any atom is -0.383 e. The Labute approximate surface area is 92.1 Å². The summed E-state index contributed by atoms with van der Waals surface area (Å²) in [4.78, 5) is 0. The predicted molar refractivity (Wildman–Crippen MR) is 66.6 cm³/mol. The van der Waals surface area contributed by atoms with Crippen molar-refractivity contribution in [2.75, 3.05) is 17.2 Å². The van der Waals surface area contributed by atoms with Crippen LogP contribution in [0.15, 0.2) is 18.2 Å². The Bertz CT molecular complexity index is 333. The molecule has 1 unspecified atom stereocenters. The molecule has 0 radical (unpaired) electrons. The molecule has 1 aromatic rings. The second-order valence-corrected chi connectivity index (χ2v) is 4.34. The number of aryl methyl sites for hydroxylation is 1. The summed E-state index contributed by atoms with van der Waals surface area (Å²) in [7, 11) is 0. The van der Waals surface area contributed by atoms with Crippen LogP contribution < -0.4 is 10.6 Å². The number of anilines is 2. The van der Waals surface area contributed by atoms with E-state index in [1.807, 2.05) is 0 Å². The van der Waals surface area contributed by atoms with Crippen LogP contribution in [0.3, 0.4) is 0 Å². The van der Waals surface area contributed by atoms with Crippen molar-refractivity contribution < 1.29 is 0 Å². The van der Waals surface area contributed by atoms with Gasteiger partial charge in [-0.3, -0.25) is 0 Å².